The van der Waals surface area contributed by atoms with Crippen molar-refractivity contribution in [3.63, 3.8) is 0 Å². The third kappa shape index (κ3) is 5.90. The van der Waals surface area contributed by atoms with Gasteiger partial charge < -0.3 is 10.0 Å². The number of aliphatic carboxylic acids is 1. The van der Waals surface area contributed by atoms with Crippen molar-refractivity contribution in [3.8, 4) is 0 Å². The number of carbonyl (C=O) groups excluding carboxylic acids is 1. The molecule has 1 fully saturated rings. The van der Waals surface area contributed by atoms with Gasteiger partial charge in [-0.3, -0.25) is 9.59 Å². The highest BCUT2D eigenvalue weighted by atomic mass is 35.5. The Hall–Kier alpha value is -1.20. The second-order valence-corrected chi connectivity index (χ2v) is 11.0. The summed E-state index contributed by atoms with van der Waals surface area (Å²) in [6, 6.07) is 7.66. The molecule has 6 heteroatoms. The highest BCUT2D eigenvalue weighted by molar-refractivity contribution is 7.99. The van der Waals surface area contributed by atoms with Crippen molar-refractivity contribution in [1.29, 1.82) is 0 Å². The number of carboxylic acid groups (broad SMARTS) is 1. The molecular weight excluding hydrogens is 394 g/mol. The van der Waals surface area contributed by atoms with Crippen LogP contribution in [0.15, 0.2) is 24.3 Å². The molecule has 0 saturated carbocycles. The number of benzene rings is 1. The van der Waals surface area contributed by atoms with Crippen molar-refractivity contribution < 1.29 is 14.7 Å². The predicted molar refractivity (Wildman–Crippen MR) is 117 cm³/mol. The molecule has 1 aromatic carbocycles. The molecule has 2 rings (SSSR count). The summed E-state index contributed by atoms with van der Waals surface area (Å²) in [4.78, 5) is 26.8. The minimum absolute atomic E-state index is 0.0182. The normalized spacial score (nSPS) is 21.8. The Balaban J connectivity index is 2.43. The van der Waals surface area contributed by atoms with Crippen molar-refractivity contribution in [2.75, 3.05) is 5.75 Å². The summed E-state index contributed by atoms with van der Waals surface area (Å²) in [6.45, 7) is 10.8. The van der Waals surface area contributed by atoms with Crippen LogP contribution < -0.4 is 0 Å². The Morgan fingerprint density at radius 1 is 1.25 bits per heavy atom. The van der Waals surface area contributed by atoms with Crippen LogP contribution in [0.25, 0.3) is 0 Å². The minimum atomic E-state index is -0.910. The van der Waals surface area contributed by atoms with Gasteiger partial charge in [0.1, 0.15) is 0 Å². The fraction of sp³-hybridized carbons (Fsp3) is 0.636. The average Bonchev–Trinajstić information content (AvgIpc) is 2.57. The highest BCUT2D eigenvalue weighted by Gasteiger charge is 2.44. The van der Waals surface area contributed by atoms with Crippen molar-refractivity contribution in [3.05, 3.63) is 34.9 Å². The molecule has 1 saturated heterocycles. The first-order valence-corrected chi connectivity index (χ1v) is 11.3. The quantitative estimate of drug-likeness (QED) is 0.613. The Kier molecular flexibility index (Phi) is 7.86. The summed E-state index contributed by atoms with van der Waals surface area (Å²) in [6.07, 6.45) is 1.27. The van der Waals surface area contributed by atoms with E-state index < -0.39 is 11.9 Å². The maximum absolute atomic E-state index is 13.5. The van der Waals surface area contributed by atoms with Gasteiger partial charge in [0.2, 0.25) is 5.91 Å². The molecule has 1 amide bonds. The van der Waals surface area contributed by atoms with E-state index in [0.717, 1.165) is 17.7 Å². The number of rotatable bonds is 7. The van der Waals surface area contributed by atoms with Crippen LogP contribution in [0, 0.1) is 11.3 Å². The monoisotopic (exact) mass is 425 g/mol. The first-order valence-electron chi connectivity index (χ1n) is 9.91. The fourth-order valence-corrected chi connectivity index (χ4v) is 5.15. The first kappa shape index (κ1) is 23.1. The van der Waals surface area contributed by atoms with Gasteiger partial charge in [0.05, 0.1) is 12.5 Å². The van der Waals surface area contributed by atoms with Crippen molar-refractivity contribution in [1.82, 2.24) is 4.90 Å². The zero-order chi connectivity index (χ0) is 21.1. The van der Waals surface area contributed by atoms with Gasteiger partial charge in [-0.1, -0.05) is 58.4 Å². The number of hydrogen-bond acceptors (Lipinski definition) is 3. The Morgan fingerprint density at radius 3 is 2.36 bits per heavy atom. The molecule has 0 radical (unpaired) electrons. The number of nitrogens with zero attached hydrogens (tertiary/aromatic N) is 1. The van der Waals surface area contributed by atoms with Crippen LogP contribution in [-0.4, -0.2) is 38.9 Å². The Labute approximate surface area is 178 Å². The standard InChI is InChI=1S/C22H32ClNO3S/c1-14(2)28-13-19(22(3,4)5)24-18(15-6-9-17(23)10-7-15)11-8-16(21(24)27)12-20(25)26/h6-7,9-10,14,16,18-19H,8,11-13H2,1-5H3,(H,25,26). The molecule has 1 aliphatic rings. The molecule has 0 spiro atoms. The van der Waals surface area contributed by atoms with Gasteiger partial charge in [-0.15, -0.1) is 0 Å². The summed E-state index contributed by atoms with van der Waals surface area (Å²) >= 11 is 7.91. The number of carbonyl (C=O) groups is 2. The highest BCUT2D eigenvalue weighted by Crippen LogP contribution is 2.42. The molecule has 3 atom stereocenters. The molecule has 1 heterocycles. The second kappa shape index (κ2) is 9.53. The molecule has 4 nitrogen and oxygen atoms in total. The number of thioether (sulfide) groups is 1. The zero-order valence-corrected chi connectivity index (χ0v) is 19.0. The summed E-state index contributed by atoms with van der Waals surface area (Å²) in [5, 5.41) is 10.4. The molecule has 1 aliphatic heterocycles. The van der Waals surface area contributed by atoms with Gasteiger partial charge in [0, 0.05) is 22.7 Å². The minimum Gasteiger partial charge on any atom is -0.481 e. The lowest BCUT2D eigenvalue weighted by Crippen LogP contribution is -2.55. The fourth-order valence-electron chi connectivity index (χ4n) is 3.80. The molecule has 0 aliphatic carbocycles. The van der Waals surface area contributed by atoms with E-state index in [-0.39, 0.29) is 29.8 Å². The van der Waals surface area contributed by atoms with Gasteiger partial charge in [-0.25, -0.2) is 0 Å². The third-order valence-electron chi connectivity index (χ3n) is 5.33. The maximum atomic E-state index is 13.5. The topological polar surface area (TPSA) is 57.6 Å². The molecule has 156 valence electrons. The summed E-state index contributed by atoms with van der Waals surface area (Å²) < 4.78 is 0. The van der Waals surface area contributed by atoms with Gasteiger partial charge in [0.25, 0.3) is 0 Å². The summed E-state index contributed by atoms with van der Waals surface area (Å²) in [5.74, 6) is -0.559. The molecule has 0 aromatic heterocycles. The summed E-state index contributed by atoms with van der Waals surface area (Å²) in [5.41, 5.74) is 0.947. The number of halogens is 1. The Morgan fingerprint density at radius 2 is 1.86 bits per heavy atom. The third-order valence-corrected chi connectivity index (χ3v) is 6.75. The van der Waals surface area contributed by atoms with Gasteiger partial charge in [-0.05, 0) is 41.2 Å². The van der Waals surface area contributed by atoms with Crippen LogP contribution in [-0.2, 0) is 9.59 Å². The molecule has 1 N–H and O–H groups in total. The van der Waals surface area contributed by atoms with E-state index in [0.29, 0.717) is 16.7 Å². The number of hydrogen-bond donors (Lipinski definition) is 1. The lowest BCUT2D eigenvalue weighted by Gasteiger charge is -2.48. The van der Waals surface area contributed by atoms with Crippen molar-refractivity contribution in [2.24, 2.45) is 11.3 Å². The summed E-state index contributed by atoms with van der Waals surface area (Å²) in [7, 11) is 0. The van der Waals surface area contributed by atoms with Crippen LogP contribution >= 0.6 is 23.4 Å². The van der Waals surface area contributed by atoms with E-state index in [2.05, 4.69) is 34.6 Å². The van der Waals surface area contributed by atoms with E-state index in [1.54, 1.807) is 0 Å². The van der Waals surface area contributed by atoms with Gasteiger partial charge >= 0.3 is 5.97 Å². The average molecular weight is 426 g/mol. The number of piperidine rings is 1. The largest absolute Gasteiger partial charge is 0.481 e. The van der Waals surface area contributed by atoms with E-state index in [1.165, 1.54) is 0 Å². The van der Waals surface area contributed by atoms with E-state index in [4.69, 9.17) is 11.6 Å². The van der Waals surface area contributed by atoms with Crippen LogP contribution in [0.5, 0.6) is 0 Å². The van der Waals surface area contributed by atoms with Gasteiger partial charge in [-0.2, -0.15) is 11.8 Å². The van der Waals surface area contributed by atoms with Crippen LogP contribution in [0.4, 0.5) is 0 Å². The lowest BCUT2D eigenvalue weighted by molar-refractivity contribution is -0.153. The maximum Gasteiger partial charge on any atom is 0.304 e. The van der Waals surface area contributed by atoms with Crippen molar-refractivity contribution >= 4 is 35.2 Å². The van der Waals surface area contributed by atoms with Crippen molar-refractivity contribution in [2.45, 2.75) is 71.2 Å². The number of carboxylic acids is 1. The van der Waals surface area contributed by atoms with E-state index in [9.17, 15) is 14.7 Å². The zero-order valence-electron chi connectivity index (χ0n) is 17.4. The second-order valence-electron chi connectivity index (χ2n) is 8.95. The van der Waals surface area contributed by atoms with E-state index in [1.807, 2.05) is 40.9 Å². The van der Waals surface area contributed by atoms with E-state index >= 15 is 0 Å². The number of likely N-dealkylation sites (tertiary alicyclic amines) is 1. The number of amides is 1. The molecular formula is C22H32ClNO3S. The van der Waals surface area contributed by atoms with Crippen LogP contribution in [0.1, 0.15) is 65.5 Å². The van der Waals surface area contributed by atoms with Crippen LogP contribution in [0.2, 0.25) is 5.02 Å². The van der Waals surface area contributed by atoms with Crippen LogP contribution in [0.3, 0.4) is 0 Å². The molecule has 3 unspecified atom stereocenters. The lowest BCUT2D eigenvalue weighted by atomic mass is 9.80. The molecule has 1 aromatic rings. The predicted octanol–water partition coefficient (Wildman–Crippen LogP) is 5.65. The molecule has 28 heavy (non-hydrogen) atoms. The first-order chi connectivity index (χ1) is 13.0. The molecule has 0 bridgehead atoms. The Bertz CT molecular complexity index is 684. The SMILES string of the molecule is CC(C)SCC(N1C(=O)C(CC(=O)O)CCC1c1ccc(Cl)cc1)C(C)(C)C. The van der Waals surface area contributed by atoms with Gasteiger partial charge in [0.15, 0.2) is 0 Å². The smallest absolute Gasteiger partial charge is 0.304 e.